The van der Waals surface area contributed by atoms with Crippen LogP contribution in [0.2, 0.25) is 0 Å². The lowest BCUT2D eigenvalue weighted by atomic mass is 9.95. The van der Waals surface area contributed by atoms with Gasteiger partial charge in [-0.2, -0.15) is 0 Å². The van der Waals surface area contributed by atoms with E-state index >= 15 is 0 Å². The van der Waals surface area contributed by atoms with Gasteiger partial charge in [0.15, 0.2) is 0 Å². The van der Waals surface area contributed by atoms with Crippen molar-refractivity contribution in [3.8, 4) is 11.3 Å². The van der Waals surface area contributed by atoms with Crippen LogP contribution in [0.15, 0.2) is 77.4 Å². The highest BCUT2D eigenvalue weighted by molar-refractivity contribution is 5.83. The summed E-state index contributed by atoms with van der Waals surface area (Å²) in [4.78, 5) is 12.5. The molecule has 134 valence electrons. The SMILES string of the molecule is CC[C@@H](C(=O)NC[C@H](O)c1ccc(-c2ccco2)cc1)c1ccccc1. The molecule has 2 atom stereocenters. The van der Waals surface area contributed by atoms with Gasteiger partial charge in [-0.15, -0.1) is 0 Å². The molecule has 0 unspecified atom stereocenters. The standard InChI is InChI=1S/C22H23NO3/c1-2-19(16-7-4-3-5-8-16)22(25)23-15-20(24)17-10-12-18(13-11-17)21-9-6-14-26-21/h3-14,19-20,24H,2,15H2,1H3,(H,23,25)/t19-,20+/m1/s1. The highest BCUT2D eigenvalue weighted by Crippen LogP contribution is 2.23. The molecule has 0 saturated carbocycles. The Hall–Kier alpha value is -2.85. The molecule has 0 saturated heterocycles. The van der Waals surface area contributed by atoms with Gasteiger partial charge >= 0.3 is 0 Å². The summed E-state index contributed by atoms with van der Waals surface area (Å²) in [5.74, 6) is 0.516. The zero-order valence-corrected chi connectivity index (χ0v) is 14.8. The van der Waals surface area contributed by atoms with Crippen LogP contribution in [-0.4, -0.2) is 17.6 Å². The monoisotopic (exact) mass is 349 g/mol. The van der Waals surface area contributed by atoms with Crippen molar-refractivity contribution < 1.29 is 14.3 Å². The van der Waals surface area contributed by atoms with Crippen molar-refractivity contribution in [2.75, 3.05) is 6.54 Å². The number of carbonyl (C=O) groups excluding carboxylic acids is 1. The van der Waals surface area contributed by atoms with Crippen molar-refractivity contribution in [2.24, 2.45) is 0 Å². The lowest BCUT2D eigenvalue weighted by Crippen LogP contribution is -2.32. The first-order valence-corrected chi connectivity index (χ1v) is 8.83. The van der Waals surface area contributed by atoms with Crippen LogP contribution in [0.4, 0.5) is 0 Å². The third-order valence-corrected chi connectivity index (χ3v) is 4.50. The Morgan fingerprint density at radius 1 is 1.00 bits per heavy atom. The normalized spacial score (nSPS) is 13.2. The summed E-state index contributed by atoms with van der Waals surface area (Å²) in [6, 6.07) is 20.9. The van der Waals surface area contributed by atoms with E-state index in [-0.39, 0.29) is 18.4 Å². The van der Waals surface area contributed by atoms with Gasteiger partial charge < -0.3 is 14.8 Å². The van der Waals surface area contributed by atoms with E-state index in [0.29, 0.717) is 6.42 Å². The van der Waals surface area contributed by atoms with Crippen LogP contribution in [0, 0.1) is 0 Å². The fourth-order valence-corrected chi connectivity index (χ4v) is 3.01. The van der Waals surface area contributed by atoms with Gasteiger partial charge in [-0.05, 0) is 29.7 Å². The van der Waals surface area contributed by atoms with Crippen LogP contribution in [-0.2, 0) is 4.79 Å². The van der Waals surface area contributed by atoms with Gasteiger partial charge in [-0.1, -0.05) is 61.5 Å². The van der Waals surface area contributed by atoms with Gasteiger partial charge in [0.1, 0.15) is 5.76 Å². The first-order valence-electron chi connectivity index (χ1n) is 8.83. The van der Waals surface area contributed by atoms with Gasteiger partial charge in [0.2, 0.25) is 5.91 Å². The predicted molar refractivity (Wildman–Crippen MR) is 102 cm³/mol. The number of aliphatic hydroxyl groups excluding tert-OH is 1. The van der Waals surface area contributed by atoms with Crippen LogP contribution < -0.4 is 5.32 Å². The molecule has 2 N–H and O–H groups in total. The van der Waals surface area contributed by atoms with Gasteiger partial charge in [0.05, 0.1) is 18.3 Å². The second kappa shape index (κ2) is 8.50. The first kappa shape index (κ1) is 18.0. The maximum atomic E-state index is 12.5. The molecular weight excluding hydrogens is 326 g/mol. The van der Waals surface area contributed by atoms with Crippen LogP contribution >= 0.6 is 0 Å². The molecule has 4 heteroatoms. The number of nitrogens with one attached hydrogen (secondary N) is 1. The average molecular weight is 349 g/mol. The van der Waals surface area contributed by atoms with E-state index in [1.54, 1.807) is 6.26 Å². The molecule has 0 spiro atoms. The van der Waals surface area contributed by atoms with Crippen molar-refractivity contribution in [1.29, 1.82) is 0 Å². The Bertz CT molecular complexity index is 810. The molecule has 0 aliphatic carbocycles. The summed E-state index contributed by atoms with van der Waals surface area (Å²) in [5, 5.41) is 13.2. The molecule has 3 aromatic rings. The number of rotatable bonds is 7. The lowest BCUT2D eigenvalue weighted by Gasteiger charge is -2.18. The molecular formula is C22H23NO3. The van der Waals surface area contributed by atoms with E-state index in [4.69, 9.17) is 4.42 Å². The molecule has 1 heterocycles. The fourth-order valence-electron chi connectivity index (χ4n) is 3.01. The number of aliphatic hydroxyl groups is 1. The Balaban J connectivity index is 1.59. The maximum absolute atomic E-state index is 12.5. The highest BCUT2D eigenvalue weighted by atomic mass is 16.3. The van der Waals surface area contributed by atoms with Crippen molar-refractivity contribution in [3.05, 3.63) is 84.1 Å². The first-order chi connectivity index (χ1) is 12.7. The van der Waals surface area contributed by atoms with Crippen molar-refractivity contribution in [1.82, 2.24) is 5.32 Å². The molecule has 1 amide bonds. The summed E-state index contributed by atoms with van der Waals surface area (Å²) in [6.07, 6.45) is 1.59. The summed E-state index contributed by atoms with van der Waals surface area (Å²) >= 11 is 0. The summed E-state index contributed by atoms with van der Waals surface area (Å²) in [5.41, 5.74) is 2.70. The third kappa shape index (κ3) is 4.21. The Morgan fingerprint density at radius 2 is 1.73 bits per heavy atom. The van der Waals surface area contributed by atoms with Crippen LogP contribution in [0.25, 0.3) is 11.3 Å². The summed E-state index contributed by atoms with van der Waals surface area (Å²) in [7, 11) is 0. The van der Waals surface area contributed by atoms with Crippen LogP contribution in [0.1, 0.15) is 36.5 Å². The van der Waals surface area contributed by atoms with Crippen molar-refractivity contribution in [3.63, 3.8) is 0 Å². The van der Waals surface area contributed by atoms with E-state index in [1.807, 2.05) is 73.7 Å². The largest absolute Gasteiger partial charge is 0.464 e. The Kier molecular flexibility index (Phi) is 5.87. The molecule has 3 rings (SSSR count). The molecule has 0 aliphatic rings. The minimum absolute atomic E-state index is 0.0649. The topological polar surface area (TPSA) is 62.5 Å². The van der Waals surface area contributed by atoms with E-state index in [1.165, 1.54) is 0 Å². The number of furan rings is 1. The Labute approximate surface area is 153 Å². The van der Waals surface area contributed by atoms with Gasteiger partial charge in [-0.25, -0.2) is 0 Å². The zero-order chi connectivity index (χ0) is 18.4. The van der Waals surface area contributed by atoms with Crippen molar-refractivity contribution >= 4 is 5.91 Å². The van der Waals surface area contributed by atoms with Gasteiger partial charge in [0.25, 0.3) is 0 Å². The van der Waals surface area contributed by atoms with E-state index in [2.05, 4.69) is 5.32 Å². The lowest BCUT2D eigenvalue weighted by molar-refractivity contribution is -0.123. The van der Waals surface area contributed by atoms with Gasteiger partial charge in [0, 0.05) is 12.1 Å². The summed E-state index contributed by atoms with van der Waals surface area (Å²) in [6.45, 7) is 2.17. The van der Waals surface area contributed by atoms with Crippen LogP contribution in [0.3, 0.4) is 0 Å². The van der Waals surface area contributed by atoms with E-state index in [0.717, 1.165) is 22.5 Å². The van der Waals surface area contributed by atoms with Gasteiger partial charge in [-0.3, -0.25) is 4.79 Å². The second-order valence-corrected chi connectivity index (χ2v) is 6.23. The smallest absolute Gasteiger partial charge is 0.227 e. The molecule has 4 nitrogen and oxygen atoms in total. The van der Waals surface area contributed by atoms with Crippen molar-refractivity contribution in [2.45, 2.75) is 25.4 Å². The predicted octanol–water partition coefficient (Wildman–Crippen LogP) is 4.29. The molecule has 2 aromatic carbocycles. The summed E-state index contributed by atoms with van der Waals surface area (Å²) < 4.78 is 5.36. The number of carbonyl (C=O) groups is 1. The van der Waals surface area contributed by atoms with E-state index < -0.39 is 6.10 Å². The minimum Gasteiger partial charge on any atom is -0.464 e. The Morgan fingerprint density at radius 3 is 2.35 bits per heavy atom. The molecule has 0 radical (unpaired) electrons. The maximum Gasteiger partial charge on any atom is 0.227 e. The zero-order valence-electron chi connectivity index (χ0n) is 14.8. The quantitative estimate of drug-likeness (QED) is 0.669. The van der Waals surface area contributed by atoms with E-state index in [9.17, 15) is 9.90 Å². The fraction of sp³-hybridized carbons (Fsp3) is 0.227. The molecule has 26 heavy (non-hydrogen) atoms. The minimum atomic E-state index is -0.752. The second-order valence-electron chi connectivity index (χ2n) is 6.23. The number of benzene rings is 2. The van der Waals surface area contributed by atoms with Crippen LogP contribution in [0.5, 0.6) is 0 Å². The molecule has 0 aliphatic heterocycles. The molecule has 0 fully saturated rings. The average Bonchev–Trinajstić information content (AvgIpc) is 3.22. The molecule has 1 aromatic heterocycles. The molecule has 0 bridgehead atoms. The number of amides is 1. The highest BCUT2D eigenvalue weighted by Gasteiger charge is 2.19. The third-order valence-electron chi connectivity index (χ3n) is 4.50. The number of hydrogen-bond donors (Lipinski definition) is 2. The number of hydrogen-bond acceptors (Lipinski definition) is 3.